The SMILES string of the molecule is COC(=O)c1cc(-c2c(OC)cccc2OC)n(-c2ccc(S(=O)(=O)Cl)cc2C(C)C)n1. The van der Waals surface area contributed by atoms with Crippen LogP contribution >= 0.6 is 10.7 Å². The number of methoxy groups -OCH3 is 3. The number of hydrogen-bond donors (Lipinski definition) is 0. The molecule has 32 heavy (non-hydrogen) atoms. The number of carbonyl (C=O) groups excluding carboxylic acids is 1. The molecule has 2 aromatic carbocycles. The van der Waals surface area contributed by atoms with Gasteiger partial charge >= 0.3 is 5.97 Å². The average molecular weight is 479 g/mol. The van der Waals surface area contributed by atoms with Crippen LogP contribution in [0, 0.1) is 0 Å². The van der Waals surface area contributed by atoms with Crippen LogP contribution in [-0.2, 0) is 13.8 Å². The summed E-state index contributed by atoms with van der Waals surface area (Å²) in [5.74, 6) is 0.312. The van der Waals surface area contributed by atoms with Gasteiger partial charge in [-0.2, -0.15) is 5.10 Å². The largest absolute Gasteiger partial charge is 0.496 e. The highest BCUT2D eigenvalue weighted by Gasteiger charge is 2.25. The quantitative estimate of drug-likeness (QED) is 0.367. The first-order valence-corrected chi connectivity index (χ1v) is 11.9. The number of halogens is 1. The monoisotopic (exact) mass is 478 g/mol. The van der Waals surface area contributed by atoms with Gasteiger partial charge in [-0.05, 0) is 47.9 Å². The second-order valence-electron chi connectivity index (χ2n) is 7.17. The van der Waals surface area contributed by atoms with Crippen molar-refractivity contribution in [3.63, 3.8) is 0 Å². The molecule has 0 radical (unpaired) electrons. The summed E-state index contributed by atoms with van der Waals surface area (Å²) in [6.07, 6.45) is 0. The molecule has 0 saturated heterocycles. The van der Waals surface area contributed by atoms with E-state index in [9.17, 15) is 13.2 Å². The second kappa shape index (κ2) is 9.22. The Morgan fingerprint density at radius 3 is 2.16 bits per heavy atom. The molecule has 10 heteroatoms. The number of carbonyl (C=O) groups is 1. The van der Waals surface area contributed by atoms with Crippen LogP contribution in [0.5, 0.6) is 11.5 Å². The third-order valence-corrected chi connectivity index (χ3v) is 6.27. The van der Waals surface area contributed by atoms with Crippen molar-refractivity contribution in [1.82, 2.24) is 9.78 Å². The Balaban J connectivity index is 2.39. The molecule has 3 aromatic rings. The number of esters is 1. The summed E-state index contributed by atoms with van der Waals surface area (Å²) in [4.78, 5) is 12.3. The van der Waals surface area contributed by atoms with Crippen LogP contribution in [-0.4, -0.2) is 45.5 Å². The Hall–Kier alpha value is -3.04. The van der Waals surface area contributed by atoms with E-state index in [1.807, 2.05) is 13.8 Å². The molecular formula is C22H23ClN2O6S. The maximum atomic E-state index is 12.3. The molecule has 0 N–H and O–H groups in total. The summed E-state index contributed by atoms with van der Waals surface area (Å²) < 4.78 is 41.3. The molecule has 0 atom stereocenters. The zero-order chi connectivity index (χ0) is 23.6. The van der Waals surface area contributed by atoms with E-state index in [2.05, 4.69) is 5.10 Å². The van der Waals surface area contributed by atoms with Crippen LogP contribution in [0.15, 0.2) is 47.4 Å². The van der Waals surface area contributed by atoms with E-state index in [4.69, 9.17) is 24.9 Å². The van der Waals surface area contributed by atoms with Gasteiger partial charge < -0.3 is 14.2 Å². The van der Waals surface area contributed by atoms with Gasteiger partial charge in [0.25, 0.3) is 9.05 Å². The van der Waals surface area contributed by atoms with Gasteiger partial charge in [-0.25, -0.2) is 17.9 Å². The highest BCUT2D eigenvalue weighted by molar-refractivity contribution is 8.13. The average Bonchev–Trinajstić information content (AvgIpc) is 3.21. The first-order chi connectivity index (χ1) is 15.1. The highest BCUT2D eigenvalue weighted by Crippen LogP contribution is 2.40. The third kappa shape index (κ3) is 4.44. The van der Waals surface area contributed by atoms with E-state index < -0.39 is 15.0 Å². The van der Waals surface area contributed by atoms with Gasteiger partial charge in [-0.1, -0.05) is 19.9 Å². The lowest BCUT2D eigenvalue weighted by molar-refractivity contribution is 0.0593. The van der Waals surface area contributed by atoms with Gasteiger partial charge in [-0.3, -0.25) is 0 Å². The number of ether oxygens (including phenoxy) is 3. The minimum Gasteiger partial charge on any atom is -0.496 e. The summed E-state index contributed by atoms with van der Waals surface area (Å²) in [7, 11) is 5.96. The van der Waals surface area contributed by atoms with Gasteiger partial charge in [0, 0.05) is 10.7 Å². The maximum absolute atomic E-state index is 12.3. The van der Waals surface area contributed by atoms with Crippen molar-refractivity contribution in [3.8, 4) is 28.4 Å². The lowest BCUT2D eigenvalue weighted by Gasteiger charge is -2.18. The summed E-state index contributed by atoms with van der Waals surface area (Å²) in [5, 5.41) is 4.46. The Morgan fingerprint density at radius 1 is 1.03 bits per heavy atom. The predicted octanol–water partition coefficient (Wildman–Crippen LogP) is 4.39. The lowest BCUT2D eigenvalue weighted by Crippen LogP contribution is -2.08. The molecule has 1 aromatic heterocycles. The van der Waals surface area contributed by atoms with E-state index in [0.29, 0.717) is 34.0 Å². The van der Waals surface area contributed by atoms with Crippen molar-refractivity contribution in [2.75, 3.05) is 21.3 Å². The maximum Gasteiger partial charge on any atom is 0.358 e. The summed E-state index contributed by atoms with van der Waals surface area (Å²) in [6.45, 7) is 3.83. The van der Waals surface area contributed by atoms with Crippen LogP contribution < -0.4 is 9.47 Å². The Labute approximate surface area is 191 Å². The van der Waals surface area contributed by atoms with Crippen LogP contribution in [0.3, 0.4) is 0 Å². The minimum absolute atomic E-state index is 0.0246. The van der Waals surface area contributed by atoms with E-state index >= 15 is 0 Å². The first-order valence-electron chi connectivity index (χ1n) is 9.61. The van der Waals surface area contributed by atoms with Gasteiger partial charge in [0.1, 0.15) is 11.5 Å². The zero-order valence-corrected chi connectivity index (χ0v) is 19.8. The zero-order valence-electron chi connectivity index (χ0n) is 18.2. The fraction of sp³-hybridized carbons (Fsp3) is 0.273. The minimum atomic E-state index is -3.93. The smallest absolute Gasteiger partial charge is 0.358 e. The summed E-state index contributed by atoms with van der Waals surface area (Å²) in [6, 6.07) is 11.4. The Bertz CT molecular complexity index is 1250. The molecular weight excluding hydrogens is 456 g/mol. The molecule has 8 nitrogen and oxygen atoms in total. The normalized spacial score (nSPS) is 11.5. The molecule has 0 amide bonds. The summed E-state index contributed by atoms with van der Waals surface area (Å²) in [5.41, 5.74) is 2.38. The molecule has 1 heterocycles. The standard InChI is InChI=1S/C22H23ClN2O6S/c1-13(2)15-11-14(32(23,27)28)9-10-17(15)25-18(12-16(24-25)22(26)31-5)21-19(29-3)7-6-8-20(21)30-4/h6-13H,1-5H3. The number of nitrogens with zero attached hydrogens (tertiary/aromatic N) is 2. The lowest BCUT2D eigenvalue weighted by atomic mass is 10.0. The molecule has 0 aliphatic carbocycles. The van der Waals surface area contributed by atoms with Crippen LogP contribution in [0.25, 0.3) is 16.9 Å². The molecule has 0 aliphatic heterocycles. The van der Waals surface area contributed by atoms with Crippen molar-refractivity contribution in [2.24, 2.45) is 0 Å². The van der Waals surface area contributed by atoms with Crippen molar-refractivity contribution >= 4 is 25.7 Å². The van der Waals surface area contributed by atoms with E-state index in [1.165, 1.54) is 33.5 Å². The van der Waals surface area contributed by atoms with Crippen molar-refractivity contribution in [1.29, 1.82) is 0 Å². The number of rotatable bonds is 7. The van der Waals surface area contributed by atoms with Crippen molar-refractivity contribution in [2.45, 2.75) is 24.7 Å². The van der Waals surface area contributed by atoms with Crippen LogP contribution in [0.2, 0.25) is 0 Å². The fourth-order valence-electron chi connectivity index (χ4n) is 3.39. The van der Waals surface area contributed by atoms with Gasteiger partial charge in [0.15, 0.2) is 5.69 Å². The first kappa shape index (κ1) is 23.6. The molecule has 0 saturated carbocycles. The third-order valence-electron chi connectivity index (χ3n) is 4.92. The molecule has 0 aliphatic rings. The van der Waals surface area contributed by atoms with E-state index in [1.54, 1.807) is 35.0 Å². The van der Waals surface area contributed by atoms with Crippen LogP contribution in [0.1, 0.15) is 35.8 Å². The summed E-state index contributed by atoms with van der Waals surface area (Å²) >= 11 is 0. The molecule has 170 valence electrons. The molecule has 0 spiro atoms. The second-order valence-corrected chi connectivity index (χ2v) is 9.73. The van der Waals surface area contributed by atoms with Gasteiger partial charge in [0.05, 0.1) is 43.2 Å². The van der Waals surface area contributed by atoms with E-state index in [0.717, 1.165) is 0 Å². The topological polar surface area (TPSA) is 96.7 Å². The Morgan fingerprint density at radius 2 is 1.66 bits per heavy atom. The Kier molecular flexibility index (Phi) is 6.80. The highest BCUT2D eigenvalue weighted by atomic mass is 35.7. The fourth-order valence-corrected chi connectivity index (χ4v) is 4.18. The molecule has 0 unspecified atom stereocenters. The van der Waals surface area contributed by atoms with Crippen molar-refractivity contribution < 1.29 is 27.4 Å². The number of benzene rings is 2. The predicted molar refractivity (Wildman–Crippen MR) is 121 cm³/mol. The molecule has 0 bridgehead atoms. The van der Waals surface area contributed by atoms with Gasteiger partial charge in [0.2, 0.25) is 0 Å². The van der Waals surface area contributed by atoms with Crippen molar-refractivity contribution in [3.05, 3.63) is 53.7 Å². The molecule has 0 fully saturated rings. The number of aromatic nitrogens is 2. The van der Waals surface area contributed by atoms with Crippen LogP contribution in [0.4, 0.5) is 0 Å². The molecule has 3 rings (SSSR count). The van der Waals surface area contributed by atoms with E-state index in [-0.39, 0.29) is 16.5 Å². The number of hydrogen-bond acceptors (Lipinski definition) is 7. The van der Waals surface area contributed by atoms with Gasteiger partial charge in [-0.15, -0.1) is 0 Å².